The maximum Gasteiger partial charge on any atom is 0.354 e. The lowest BCUT2D eigenvalue weighted by Crippen LogP contribution is -2.00. The van der Waals surface area contributed by atoms with Crippen molar-refractivity contribution < 1.29 is 9.90 Å². The summed E-state index contributed by atoms with van der Waals surface area (Å²) in [6.07, 6.45) is 4.41. The Morgan fingerprint density at radius 3 is 3.00 bits per heavy atom. The number of hydrogen-bond acceptors (Lipinski definition) is 2. The molecule has 0 aliphatic heterocycles. The smallest absolute Gasteiger partial charge is 0.354 e. The Morgan fingerprint density at radius 1 is 1.57 bits per heavy atom. The monoisotopic (exact) mass is 190 g/mol. The van der Waals surface area contributed by atoms with Crippen LogP contribution in [0.1, 0.15) is 23.0 Å². The molecule has 0 amide bonds. The van der Waals surface area contributed by atoms with Crippen molar-refractivity contribution in [1.82, 2.24) is 9.38 Å². The SMILES string of the molecule is CCc1cc2cc(C(=O)O)ncn2c1. The van der Waals surface area contributed by atoms with Crippen molar-refractivity contribution in [3.8, 4) is 0 Å². The number of carboxylic acid groups (broad SMARTS) is 1. The third kappa shape index (κ3) is 1.35. The Kier molecular flexibility index (Phi) is 1.96. The highest BCUT2D eigenvalue weighted by Gasteiger charge is 2.05. The Balaban J connectivity index is 2.59. The van der Waals surface area contributed by atoms with E-state index in [-0.39, 0.29) is 5.69 Å². The number of carbonyl (C=O) groups is 1. The summed E-state index contributed by atoms with van der Waals surface area (Å²) in [5.74, 6) is -0.994. The van der Waals surface area contributed by atoms with E-state index in [2.05, 4.69) is 11.9 Å². The van der Waals surface area contributed by atoms with Gasteiger partial charge in [0.2, 0.25) is 0 Å². The van der Waals surface area contributed by atoms with Gasteiger partial charge in [-0.25, -0.2) is 9.78 Å². The number of fused-ring (bicyclic) bond motifs is 1. The molecule has 0 aliphatic rings. The van der Waals surface area contributed by atoms with Gasteiger partial charge in [-0.15, -0.1) is 0 Å². The molecule has 0 bridgehead atoms. The summed E-state index contributed by atoms with van der Waals surface area (Å²) in [6, 6.07) is 3.54. The van der Waals surface area contributed by atoms with Crippen molar-refractivity contribution in [2.45, 2.75) is 13.3 Å². The second-order valence-corrected chi connectivity index (χ2v) is 3.11. The van der Waals surface area contributed by atoms with Gasteiger partial charge in [0.25, 0.3) is 0 Å². The number of aryl methyl sites for hydroxylation is 1. The van der Waals surface area contributed by atoms with Crippen LogP contribution in [0.2, 0.25) is 0 Å². The van der Waals surface area contributed by atoms with Crippen LogP contribution in [0.3, 0.4) is 0 Å². The molecule has 4 nitrogen and oxygen atoms in total. The fraction of sp³-hybridized carbons (Fsp3) is 0.200. The molecule has 72 valence electrons. The fourth-order valence-corrected chi connectivity index (χ4v) is 1.38. The molecule has 0 aromatic carbocycles. The van der Waals surface area contributed by atoms with Gasteiger partial charge in [-0.1, -0.05) is 6.92 Å². The van der Waals surface area contributed by atoms with E-state index in [0.717, 1.165) is 11.9 Å². The topological polar surface area (TPSA) is 54.6 Å². The van der Waals surface area contributed by atoms with Crippen LogP contribution in [0.25, 0.3) is 5.52 Å². The quantitative estimate of drug-likeness (QED) is 0.782. The maximum atomic E-state index is 10.6. The zero-order valence-corrected chi connectivity index (χ0v) is 7.77. The Labute approximate surface area is 80.8 Å². The maximum absolute atomic E-state index is 10.6. The lowest BCUT2D eigenvalue weighted by atomic mass is 10.2. The van der Waals surface area contributed by atoms with Crippen molar-refractivity contribution >= 4 is 11.5 Å². The minimum absolute atomic E-state index is 0.0817. The molecule has 0 radical (unpaired) electrons. The standard InChI is InChI=1S/C10H10N2O2/c1-2-7-3-8-4-9(10(13)14)11-6-12(8)5-7/h3-6H,2H2,1H3,(H,13,14). The minimum Gasteiger partial charge on any atom is -0.477 e. The van der Waals surface area contributed by atoms with Gasteiger partial charge in [0.15, 0.2) is 5.69 Å². The first-order valence-electron chi connectivity index (χ1n) is 4.40. The Hall–Kier alpha value is -1.84. The molecule has 2 rings (SSSR count). The largest absolute Gasteiger partial charge is 0.477 e. The van der Waals surface area contributed by atoms with Crippen LogP contribution in [-0.4, -0.2) is 20.5 Å². The average Bonchev–Trinajstić information content (AvgIpc) is 2.58. The van der Waals surface area contributed by atoms with Gasteiger partial charge in [-0.05, 0) is 24.1 Å². The van der Waals surface area contributed by atoms with Gasteiger partial charge < -0.3 is 9.51 Å². The molecule has 0 atom stereocenters. The van der Waals surface area contributed by atoms with Gasteiger partial charge in [0.1, 0.15) is 6.33 Å². The first-order valence-corrected chi connectivity index (χ1v) is 4.40. The third-order valence-corrected chi connectivity index (χ3v) is 2.17. The average molecular weight is 190 g/mol. The van der Waals surface area contributed by atoms with Crippen LogP contribution in [0.5, 0.6) is 0 Å². The van der Waals surface area contributed by atoms with Crippen LogP contribution in [0.4, 0.5) is 0 Å². The summed E-state index contributed by atoms with van der Waals surface area (Å²) in [6.45, 7) is 2.06. The van der Waals surface area contributed by atoms with E-state index in [1.807, 2.05) is 16.7 Å². The second-order valence-electron chi connectivity index (χ2n) is 3.11. The lowest BCUT2D eigenvalue weighted by molar-refractivity contribution is 0.0690. The van der Waals surface area contributed by atoms with E-state index in [1.54, 1.807) is 6.07 Å². The van der Waals surface area contributed by atoms with Crippen molar-refractivity contribution in [2.24, 2.45) is 0 Å². The van der Waals surface area contributed by atoms with Gasteiger partial charge in [0, 0.05) is 11.7 Å². The lowest BCUT2D eigenvalue weighted by Gasteiger charge is -1.95. The third-order valence-electron chi connectivity index (χ3n) is 2.17. The molecule has 0 fully saturated rings. The van der Waals surface area contributed by atoms with Crippen LogP contribution < -0.4 is 0 Å². The van der Waals surface area contributed by atoms with Crippen molar-refractivity contribution in [3.05, 3.63) is 35.9 Å². The number of carboxylic acids is 1. The predicted octanol–water partition coefficient (Wildman–Crippen LogP) is 1.59. The molecule has 4 heteroatoms. The highest BCUT2D eigenvalue weighted by atomic mass is 16.4. The molecule has 14 heavy (non-hydrogen) atoms. The van der Waals surface area contributed by atoms with Crippen LogP contribution in [0.15, 0.2) is 24.7 Å². The van der Waals surface area contributed by atoms with E-state index in [9.17, 15) is 4.79 Å². The van der Waals surface area contributed by atoms with Crippen molar-refractivity contribution in [1.29, 1.82) is 0 Å². The molecular weight excluding hydrogens is 180 g/mol. The Morgan fingerprint density at radius 2 is 2.36 bits per heavy atom. The van der Waals surface area contributed by atoms with Crippen LogP contribution in [-0.2, 0) is 6.42 Å². The van der Waals surface area contributed by atoms with E-state index < -0.39 is 5.97 Å². The summed E-state index contributed by atoms with van der Waals surface area (Å²) in [4.78, 5) is 14.5. The number of rotatable bonds is 2. The van der Waals surface area contributed by atoms with Gasteiger partial charge in [-0.2, -0.15) is 0 Å². The number of aromatic carboxylic acids is 1. The van der Waals surface area contributed by atoms with Gasteiger partial charge in [-0.3, -0.25) is 0 Å². The molecule has 2 aromatic rings. The first kappa shape index (κ1) is 8.74. The van der Waals surface area contributed by atoms with Crippen molar-refractivity contribution in [2.75, 3.05) is 0 Å². The van der Waals surface area contributed by atoms with E-state index in [4.69, 9.17) is 5.11 Å². The highest BCUT2D eigenvalue weighted by molar-refractivity contribution is 5.86. The number of hydrogen-bond donors (Lipinski definition) is 1. The van der Waals surface area contributed by atoms with E-state index >= 15 is 0 Å². The molecule has 0 saturated carbocycles. The zero-order chi connectivity index (χ0) is 10.1. The zero-order valence-electron chi connectivity index (χ0n) is 7.77. The second kappa shape index (κ2) is 3.14. The molecule has 0 saturated heterocycles. The fourth-order valence-electron chi connectivity index (χ4n) is 1.38. The molecule has 2 aromatic heterocycles. The molecule has 2 heterocycles. The highest BCUT2D eigenvalue weighted by Crippen LogP contribution is 2.10. The minimum atomic E-state index is -0.994. The summed E-state index contributed by atoms with van der Waals surface area (Å²) >= 11 is 0. The summed E-state index contributed by atoms with van der Waals surface area (Å²) in [7, 11) is 0. The molecule has 1 N–H and O–H groups in total. The first-order chi connectivity index (χ1) is 6.70. The molecule has 0 aliphatic carbocycles. The van der Waals surface area contributed by atoms with Crippen LogP contribution in [0, 0.1) is 0 Å². The number of nitrogens with zero attached hydrogens (tertiary/aromatic N) is 2. The molecular formula is C10H10N2O2. The van der Waals surface area contributed by atoms with Gasteiger partial charge >= 0.3 is 5.97 Å². The van der Waals surface area contributed by atoms with E-state index in [1.165, 1.54) is 11.9 Å². The molecule has 0 spiro atoms. The van der Waals surface area contributed by atoms with Gasteiger partial charge in [0.05, 0.1) is 0 Å². The number of aromatic nitrogens is 2. The summed E-state index contributed by atoms with van der Waals surface area (Å²) in [5.41, 5.74) is 2.13. The molecule has 0 unspecified atom stereocenters. The van der Waals surface area contributed by atoms with Crippen LogP contribution >= 0.6 is 0 Å². The Bertz CT molecular complexity index is 488. The summed E-state index contributed by atoms with van der Waals surface area (Å²) in [5, 5.41) is 8.74. The van der Waals surface area contributed by atoms with E-state index in [0.29, 0.717) is 0 Å². The predicted molar refractivity (Wildman–Crippen MR) is 51.5 cm³/mol. The van der Waals surface area contributed by atoms with Crippen molar-refractivity contribution in [3.63, 3.8) is 0 Å². The summed E-state index contributed by atoms with van der Waals surface area (Å²) < 4.78 is 1.82. The normalized spacial score (nSPS) is 10.6.